The summed E-state index contributed by atoms with van der Waals surface area (Å²) in [5.41, 5.74) is 1.32. The van der Waals surface area contributed by atoms with Gasteiger partial charge in [0, 0.05) is 25.0 Å². The monoisotopic (exact) mass is 433 g/mol. The van der Waals surface area contributed by atoms with Crippen LogP contribution in [0.25, 0.3) is 10.8 Å². The number of carbonyl (C=O) groups excluding carboxylic acids is 1. The Morgan fingerprint density at radius 3 is 2.69 bits per heavy atom. The Balaban J connectivity index is 1.82. The standard InChI is InChI=1S/C20H23N3O4S2/c1-3-27-19(24)18-14-28-20(22-18)23(11-10-21-29(2,25)26)13-15-8-9-16-6-4-5-7-17(16)12-15/h4-9,12,14,21H,3,10-11,13H2,1-2H3. The van der Waals surface area contributed by atoms with E-state index in [-0.39, 0.29) is 18.8 Å². The van der Waals surface area contributed by atoms with Gasteiger partial charge < -0.3 is 9.64 Å². The molecule has 29 heavy (non-hydrogen) atoms. The van der Waals surface area contributed by atoms with Crippen LogP contribution in [0.2, 0.25) is 0 Å². The van der Waals surface area contributed by atoms with Crippen molar-refractivity contribution in [1.29, 1.82) is 0 Å². The van der Waals surface area contributed by atoms with Crippen molar-refractivity contribution in [3.8, 4) is 0 Å². The number of esters is 1. The van der Waals surface area contributed by atoms with Crippen molar-refractivity contribution in [1.82, 2.24) is 9.71 Å². The maximum Gasteiger partial charge on any atom is 0.357 e. The summed E-state index contributed by atoms with van der Waals surface area (Å²) in [7, 11) is -3.29. The van der Waals surface area contributed by atoms with Crippen molar-refractivity contribution < 1.29 is 17.9 Å². The molecule has 1 N–H and O–H groups in total. The largest absolute Gasteiger partial charge is 0.461 e. The topological polar surface area (TPSA) is 88.6 Å². The van der Waals surface area contributed by atoms with Crippen LogP contribution in [0.15, 0.2) is 47.8 Å². The molecule has 0 amide bonds. The molecular weight excluding hydrogens is 410 g/mol. The van der Waals surface area contributed by atoms with Crippen molar-refractivity contribution in [2.45, 2.75) is 13.5 Å². The van der Waals surface area contributed by atoms with Crippen LogP contribution >= 0.6 is 11.3 Å². The third-order valence-electron chi connectivity index (χ3n) is 4.18. The smallest absolute Gasteiger partial charge is 0.357 e. The van der Waals surface area contributed by atoms with Gasteiger partial charge in [-0.1, -0.05) is 36.4 Å². The molecule has 0 saturated heterocycles. The van der Waals surface area contributed by atoms with Gasteiger partial charge in [-0.3, -0.25) is 0 Å². The van der Waals surface area contributed by atoms with Crippen molar-refractivity contribution in [2.75, 3.05) is 30.9 Å². The number of thiazole rings is 1. The van der Waals surface area contributed by atoms with Gasteiger partial charge in [0.05, 0.1) is 12.9 Å². The van der Waals surface area contributed by atoms with E-state index < -0.39 is 16.0 Å². The van der Waals surface area contributed by atoms with E-state index in [9.17, 15) is 13.2 Å². The molecule has 0 spiro atoms. The van der Waals surface area contributed by atoms with Gasteiger partial charge in [0.25, 0.3) is 0 Å². The van der Waals surface area contributed by atoms with Gasteiger partial charge in [-0.25, -0.2) is 22.9 Å². The molecule has 0 radical (unpaired) electrons. The van der Waals surface area contributed by atoms with Crippen LogP contribution in [0, 0.1) is 0 Å². The molecule has 0 bridgehead atoms. The van der Waals surface area contributed by atoms with E-state index in [0.717, 1.165) is 22.6 Å². The molecule has 0 saturated carbocycles. The highest BCUT2D eigenvalue weighted by molar-refractivity contribution is 7.88. The molecule has 0 unspecified atom stereocenters. The predicted octanol–water partition coefficient (Wildman–Crippen LogP) is 3.03. The number of hydrogen-bond acceptors (Lipinski definition) is 7. The average molecular weight is 434 g/mol. The first kappa shape index (κ1) is 21.2. The Labute approximate surface area is 174 Å². The minimum Gasteiger partial charge on any atom is -0.461 e. The number of carbonyl (C=O) groups is 1. The van der Waals surface area contributed by atoms with Gasteiger partial charge in [0.15, 0.2) is 10.8 Å². The lowest BCUT2D eigenvalue weighted by atomic mass is 10.1. The summed E-state index contributed by atoms with van der Waals surface area (Å²) >= 11 is 1.33. The average Bonchev–Trinajstić information content (AvgIpc) is 3.17. The Hall–Kier alpha value is -2.49. The summed E-state index contributed by atoms with van der Waals surface area (Å²) in [6.45, 7) is 3.21. The maximum absolute atomic E-state index is 11.9. The van der Waals surface area contributed by atoms with Crippen LogP contribution in [0.4, 0.5) is 5.13 Å². The quantitative estimate of drug-likeness (QED) is 0.522. The molecule has 3 rings (SSSR count). The van der Waals surface area contributed by atoms with Crippen LogP contribution in [-0.4, -0.2) is 45.3 Å². The summed E-state index contributed by atoms with van der Waals surface area (Å²) < 4.78 is 30.3. The van der Waals surface area contributed by atoms with E-state index in [1.165, 1.54) is 11.3 Å². The minimum absolute atomic E-state index is 0.237. The fourth-order valence-electron chi connectivity index (χ4n) is 2.87. The van der Waals surface area contributed by atoms with E-state index >= 15 is 0 Å². The molecule has 2 aromatic carbocycles. The van der Waals surface area contributed by atoms with Crippen LogP contribution < -0.4 is 9.62 Å². The van der Waals surface area contributed by atoms with Crippen molar-refractivity contribution in [3.63, 3.8) is 0 Å². The van der Waals surface area contributed by atoms with E-state index in [2.05, 4.69) is 34.0 Å². The third-order valence-corrected chi connectivity index (χ3v) is 5.81. The highest BCUT2D eigenvalue weighted by Crippen LogP contribution is 2.24. The number of nitrogens with one attached hydrogen (secondary N) is 1. The predicted molar refractivity (Wildman–Crippen MR) is 116 cm³/mol. The third kappa shape index (κ3) is 5.99. The zero-order valence-electron chi connectivity index (χ0n) is 16.3. The zero-order chi connectivity index (χ0) is 20.9. The number of ether oxygens (including phenoxy) is 1. The van der Waals surface area contributed by atoms with Gasteiger partial charge in [-0.15, -0.1) is 11.3 Å². The highest BCUT2D eigenvalue weighted by atomic mass is 32.2. The second-order valence-electron chi connectivity index (χ2n) is 6.51. The summed E-state index contributed by atoms with van der Waals surface area (Å²) in [5, 5.41) is 4.58. The second-order valence-corrected chi connectivity index (χ2v) is 9.17. The van der Waals surface area contributed by atoms with E-state index in [0.29, 0.717) is 18.2 Å². The van der Waals surface area contributed by atoms with E-state index in [1.54, 1.807) is 12.3 Å². The number of rotatable bonds is 9. The van der Waals surface area contributed by atoms with Gasteiger partial charge in [0.2, 0.25) is 10.0 Å². The molecule has 9 heteroatoms. The number of nitrogens with zero attached hydrogens (tertiary/aromatic N) is 2. The molecule has 0 aliphatic heterocycles. The van der Waals surface area contributed by atoms with Crippen LogP contribution in [0.5, 0.6) is 0 Å². The maximum atomic E-state index is 11.9. The fourth-order valence-corrected chi connectivity index (χ4v) is 4.16. The molecule has 7 nitrogen and oxygen atoms in total. The normalized spacial score (nSPS) is 11.5. The Morgan fingerprint density at radius 2 is 1.97 bits per heavy atom. The van der Waals surface area contributed by atoms with Gasteiger partial charge in [0.1, 0.15) is 0 Å². The molecule has 3 aromatic rings. The molecule has 0 aliphatic rings. The van der Waals surface area contributed by atoms with E-state index in [4.69, 9.17) is 4.74 Å². The van der Waals surface area contributed by atoms with Gasteiger partial charge in [-0.05, 0) is 29.3 Å². The Morgan fingerprint density at radius 1 is 1.21 bits per heavy atom. The first-order chi connectivity index (χ1) is 13.9. The van der Waals surface area contributed by atoms with Crippen molar-refractivity contribution in [2.24, 2.45) is 0 Å². The summed E-state index contributed by atoms with van der Waals surface area (Å²) in [6.07, 6.45) is 1.13. The fraction of sp³-hybridized carbons (Fsp3) is 0.300. The first-order valence-corrected chi connectivity index (χ1v) is 11.9. The molecule has 1 aromatic heterocycles. The second kappa shape index (κ2) is 9.34. The highest BCUT2D eigenvalue weighted by Gasteiger charge is 2.17. The number of anilines is 1. The Bertz CT molecular complexity index is 1100. The van der Waals surface area contributed by atoms with Crippen LogP contribution in [0.3, 0.4) is 0 Å². The first-order valence-electron chi connectivity index (χ1n) is 9.15. The van der Waals surface area contributed by atoms with Crippen LogP contribution in [0.1, 0.15) is 23.0 Å². The van der Waals surface area contributed by atoms with E-state index in [1.807, 2.05) is 23.1 Å². The van der Waals surface area contributed by atoms with Crippen molar-refractivity contribution in [3.05, 3.63) is 59.1 Å². The molecule has 154 valence electrons. The minimum atomic E-state index is -3.29. The zero-order valence-corrected chi connectivity index (χ0v) is 17.9. The summed E-state index contributed by atoms with van der Waals surface area (Å²) in [6, 6.07) is 14.3. The molecule has 0 aliphatic carbocycles. The molecule has 0 fully saturated rings. The van der Waals surface area contributed by atoms with Crippen LogP contribution in [-0.2, 0) is 21.3 Å². The number of sulfonamides is 1. The lowest BCUT2D eigenvalue weighted by Crippen LogP contribution is -2.34. The lowest BCUT2D eigenvalue weighted by Gasteiger charge is -2.22. The lowest BCUT2D eigenvalue weighted by molar-refractivity contribution is 0.0520. The number of fused-ring (bicyclic) bond motifs is 1. The number of aromatic nitrogens is 1. The molecular formula is C20H23N3O4S2. The number of hydrogen-bond donors (Lipinski definition) is 1. The van der Waals surface area contributed by atoms with Crippen molar-refractivity contribution >= 4 is 43.2 Å². The summed E-state index contributed by atoms with van der Waals surface area (Å²) in [4.78, 5) is 18.3. The Kier molecular flexibility index (Phi) is 6.83. The number of benzene rings is 2. The molecule has 0 atom stereocenters. The van der Waals surface area contributed by atoms with Gasteiger partial charge >= 0.3 is 5.97 Å². The molecule has 1 heterocycles. The summed E-state index contributed by atoms with van der Waals surface area (Å²) in [5.74, 6) is -0.463. The SMILES string of the molecule is CCOC(=O)c1csc(N(CCNS(C)(=O)=O)Cc2ccc3ccccc3c2)n1. The van der Waals surface area contributed by atoms with Gasteiger partial charge in [-0.2, -0.15) is 0 Å².